The molecule has 19 heavy (non-hydrogen) atoms. The van der Waals surface area contributed by atoms with Crippen LogP contribution in [0.15, 0.2) is 18.2 Å². The number of ether oxygens (including phenoxy) is 1. The number of alkyl halides is 3. The van der Waals surface area contributed by atoms with Crippen molar-refractivity contribution in [2.45, 2.75) is 31.9 Å². The van der Waals surface area contributed by atoms with Gasteiger partial charge in [0.05, 0.1) is 23.8 Å². The maximum absolute atomic E-state index is 12.7. The van der Waals surface area contributed by atoms with Gasteiger partial charge in [-0.05, 0) is 37.0 Å². The van der Waals surface area contributed by atoms with Crippen LogP contribution in [0.1, 0.15) is 36.8 Å². The predicted molar refractivity (Wildman–Crippen MR) is 63.6 cm³/mol. The van der Waals surface area contributed by atoms with Crippen molar-refractivity contribution in [3.8, 4) is 11.8 Å². The Kier molecular flexibility index (Phi) is 3.98. The number of hydrogen-bond acceptors (Lipinski definition) is 2. The van der Waals surface area contributed by atoms with E-state index >= 15 is 0 Å². The average molecular weight is 269 g/mol. The molecule has 0 aliphatic heterocycles. The molecule has 2 nitrogen and oxygen atoms in total. The van der Waals surface area contributed by atoms with Gasteiger partial charge in [0.1, 0.15) is 5.75 Å². The number of hydrogen-bond donors (Lipinski definition) is 0. The van der Waals surface area contributed by atoms with E-state index < -0.39 is 11.7 Å². The lowest BCUT2D eigenvalue weighted by molar-refractivity contribution is -0.137. The molecule has 0 radical (unpaired) electrons. The quantitative estimate of drug-likeness (QED) is 0.826. The summed E-state index contributed by atoms with van der Waals surface area (Å²) in [6.07, 6.45) is -0.0351. The number of rotatable bonds is 3. The third kappa shape index (κ3) is 3.63. The highest BCUT2D eigenvalue weighted by atomic mass is 19.4. The van der Waals surface area contributed by atoms with Gasteiger partial charge in [-0.1, -0.05) is 12.8 Å². The highest BCUT2D eigenvalue weighted by Gasteiger charge is 2.31. The smallest absolute Gasteiger partial charge is 0.416 e. The molecule has 0 amide bonds. The van der Waals surface area contributed by atoms with E-state index in [0.29, 0.717) is 12.5 Å². The first-order valence-corrected chi connectivity index (χ1v) is 6.24. The zero-order valence-corrected chi connectivity index (χ0v) is 10.3. The summed E-state index contributed by atoms with van der Waals surface area (Å²) in [6.45, 7) is 0.423. The first kappa shape index (κ1) is 13.7. The Morgan fingerprint density at radius 3 is 2.47 bits per heavy atom. The van der Waals surface area contributed by atoms with Crippen molar-refractivity contribution < 1.29 is 17.9 Å². The summed E-state index contributed by atoms with van der Waals surface area (Å²) in [6, 6.07) is 4.87. The molecule has 0 N–H and O–H groups in total. The summed E-state index contributed by atoms with van der Waals surface area (Å²) in [7, 11) is 0. The lowest BCUT2D eigenvalue weighted by Gasteiger charge is -2.13. The molecule has 1 saturated carbocycles. The van der Waals surface area contributed by atoms with Crippen molar-refractivity contribution in [3.63, 3.8) is 0 Å². The second-order valence-electron chi connectivity index (χ2n) is 4.82. The lowest BCUT2D eigenvalue weighted by atomic mass is 10.1. The van der Waals surface area contributed by atoms with Gasteiger partial charge in [0.25, 0.3) is 0 Å². The molecule has 1 aromatic rings. The highest BCUT2D eigenvalue weighted by molar-refractivity contribution is 5.41. The number of nitriles is 1. The minimum atomic E-state index is -4.46. The molecule has 1 fully saturated rings. The molecule has 1 aromatic carbocycles. The van der Waals surface area contributed by atoms with E-state index in [2.05, 4.69) is 0 Å². The van der Waals surface area contributed by atoms with Crippen molar-refractivity contribution in [2.24, 2.45) is 5.92 Å². The van der Waals surface area contributed by atoms with Gasteiger partial charge in [-0.15, -0.1) is 0 Å². The van der Waals surface area contributed by atoms with Crippen molar-refractivity contribution in [1.29, 1.82) is 5.26 Å². The molecular formula is C14H14F3NO. The van der Waals surface area contributed by atoms with Crippen molar-refractivity contribution in [1.82, 2.24) is 0 Å². The zero-order valence-electron chi connectivity index (χ0n) is 10.3. The normalized spacial score (nSPS) is 16.3. The molecule has 0 heterocycles. The van der Waals surface area contributed by atoms with Gasteiger partial charge in [-0.3, -0.25) is 0 Å². The van der Waals surface area contributed by atoms with Crippen LogP contribution in [-0.4, -0.2) is 6.61 Å². The fourth-order valence-electron chi connectivity index (χ4n) is 2.30. The van der Waals surface area contributed by atoms with Crippen LogP contribution < -0.4 is 4.74 Å². The Morgan fingerprint density at radius 1 is 1.21 bits per heavy atom. The van der Waals surface area contributed by atoms with Crippen LogP contribution in [0.3, 0.4) is 0 Å². The Morgan fingerprint density at radius 2 is 1.89 bits per heavy atom. The van der Waals surface area contributed by atoms with Crippen LogP contribution in [0.25, 0.3) is 0 Å². The summed E-state index contributed by atoms with van der Waals surface area (Å²) in [4.78, 5) is 0. The van der Waals surface area contributed by atoms with Gasteiger partial charge in [-0.2, -0.15) is 18.4 Å². The highest BCUT2D eigenvalue weighted by Crippen LogP contribution is 2.33. The second kappa shape index (κ2) is 5.52. The van der Waals surface area contributed by atoms with E-state index in [1.54, 1.807) is 6.07 Å². The number of nitrogens with zero attached hydrogens (tertiary/aromatic N) is 1. The van der Waals surface area contributed by atoms with Crippen LogP contribution in [0.5, 0.6) is 5.75 Å². The Labute approximate surface area is 109 Å². The van der Waals surface area contributed by atoms with Crippen LogP contribution in [0, 0.1) is 17.2 Å². The maximum Gasteiger partial charge on any atom is 0.416 e. The van der Waals surface area contributed by atoms with Crippen LogP contribution in [0.4, 0.5) is 13.2 Å². The minimum Gasteiger partial charge on any atom is -0.493 e. The van der Waals surface area contributed by atoms with Gasteiger partial charge in [0, 0.05) is 0 Å². The Balaban J connectivity index is 2.13. The number of halogens is 3. The van der Waals surface area contributed by atoms with Gasteiger partial charge >= 0.3 is 6.18 Å². The first-order valence-electron chi connectivity index (χ1n) is 6.24. The van der Waals surface area contributed by atoms with Crippen molar-refractivity contribution in [3.05, 3.63) is 29.3 Å². The van der Waals surface area contributed by atoms with E-state index in [-0.39, 0.29) is 11.3 Å². The topological polar surface area (TPSA) is 33.0 Å². The molecule has 102 valence electrons. The summed E-state index contributed by atoms with van der Waals surface area (Å²) in [5, 5.41) is 8.76. The molecule has 0 unspecified atom stereocenters. The fraction of sp³-hybridized carbons (Fsp3) is 0.500. The third-order valence-corrected chi connectivity index (χ3v) is 3.32. The van der Waals surface area contributed by atoms with Gasteiger partial charge < -0.3 is 4.74 Å². The molecule has 0 saturated heterocycles. The molecule has 0 aromatic heterocycles. The summed E-state index contributed by atoms with van der Waals surface area (Å²) in [5.74, 6) is 0.540. The monoisotopic (exact) mass is 269 g/mol. The molecule has 1 aliphatic carbocycles. The third-order valence-electron chi connectivity index (χ3n) is 3.32. The molecule has 1 aliphatic rings. The first-order chi connectivity index (χ1) is 8.99. The largest absolute Gasteiger partial charge is 0.493 e. The van der Waals surface area contributed by atoms with Crippen LogP contribution in [-0.2, 0) is 6.18 Å². The summed E-state index contributed by atoms with van der Waals surface area (Å²) in [5.41, 5.74) is -0.871. The van der Waals surface area contributed by atoms with E-state index in [9.17, 15) is 13.2 Å². The predicted octanol–water partition coefficient (Wildman–Crippen LogP) is 4.15. The summed E-state index contributed by atoms with van der Waals surface area (Å²) < 4.78 is 43.4. The van der Waals surface area contributed by atoms with Crippen molar-refractivity contribution in [2.75, 3.05) is 6.61 Å². The standard InChI is InChI=1S/C14H14F3NO/c15-14(16,17)12-5-11(8-18)6-13(7-12)19-9-10-3-1-2-4-10/h5-7,10H,1-4,9H2. The van der Waals surface area contributed by atoms with E-state index in [1.165, 1.54) is 6.07 Å². The maximum atomic E-state index is 12.7. The molecule has 2 rings (SSSR count). The van der Waals surface area contributed by atoms with E-state index in [0.717, 1.165) is 37.8 Å². The SMILES string of the molecule is N#Cc1cc(OCC2CCCC2)cc(C(F)(F)F)c1. The van der Waals surface area contributed by atoms with Crippen molar-refractivity contribution >= 4 is 0 Å². The van der Waals surface area contributed by atoms with Crippen LogP contribution in [0.2, 0.25) is 0 Å². The molecule has 0 atom stereocenters. The summed E-state index contributed by atoms with van der Waals surface area (Å²) >= 11 is 0. The van der Waals surface area contributed by atoms with Gasteiger partial charge in [0.2, 0.25) is 0 Å². The Hall–Kier alpha value is -1.70. The average Bonchev–Trinajstić information content (AvgIpc) is 2.88. The fourth-order valence-corrected chi connectivity index (χ4v) is 2.30. The molecule has 0 spiro atoms. The zero-order chi connectivity index (χ0) is 13.9. The second-order valence-corrected chi connectivity index (χ2v) is 4.82. The molecular weight excluding hydrogens is 255 g/mol. The minimum absolute atomic E-state index is 0.0313. The van der Waals surface area contributed by atoms with Gasteiger partial charge in [0.15, 0.2) is 0 Å². The van der Waals surface area contributed by atoms with E-state index in [4.69, 9.17) is 10.00 Å². The lowest BCUT2D eigenvalue weighted by Crippen LogP contribution is -2.10. The number of benzene rings is 1. The molecule has 5 heteroatoms. The van der Waals surface area contributed by atoms with Crippen LogP contribution >= 0.6 is 0 Å². The molecule has 0 bridgehead atoms. The van der Waals surface area contributed by atoms with E-state index in [1.807, 2.05) is 0 Å². The Bertz CT molecular complexity index is 484. The van der Waals surface area contributed by atoms with Gasteiger partial charge in [-0.25, -0.2) is 0 Å².